The van der Waals surface area contributed by atoms with Gasteiger partial charge in [0.25, 0.3) is 5.91 Å². The predicted octanol–water partition coefficient (Wildman–Crippen LogP) is 5.68. The van der Waals surface area contributed by atoms with Gasteiger partial charge in [0.15, 0.2) is 6.61 Å². The first-order valence-electron chi connectivity index (χ1n) is 12.9. The molecule has 0 unspecified atom stereocenters. The molecule has 2 atom stereocenters. The number of benzene rings is 3. The first-order valence-corrected chi connectivity index (χ1v) is 12.9. The van der Waals surface area contributed by atoms with Gasteiger partial charge in [0, 0.05) is 18.7 Å². The van der Waals surface area contributed by atoms with Crippen molar-refractivity contribution >= 4 is 23.5 Å². The number of esters is 1. The number of carbonyl (C=O) groups is 3. The molecule has 198 valence electrons. The Labute approximate surface area is 223 Å². The number of nitrogens with zero attached hydrogens (tertiary/aromatic N) is 1. The summed E-state index contributed by atoms with van der Waals surface area (Å²) < 4.78 is 11.4. The van der Waals surface area contributed by atoms with Crippen LogP contribution < -0.4 is 15.0 Å². The number of rotatable bonds is 9. The largest absolute Gasteiger partial charge is 0.457 e. The maximum Gasteiger partial charge on any atom is 0.311 e. The van der Waals surface area contributed by atoms with Crippen LogP contribution in [0.1, 0.15) is 55.8 Å². The van der Waals surface area contributed by atoms with Crippen molar-refractivity contribution in [3.63, 3.8) is 0 Å². The molecule has 2 amide bonds. The van der Waals surface area contributed by atoms with Crippen molar-refractivity contribution in [2.75, 3.05) is 18.1 Å². The second kappa shape index (κ2) is 11.9. The van der Waals surface area contributed by atoms with E-state index in [1.165, 1.54) is 0 Å². The minimum absolute atomic E-state index is 0.0418. The smallest absolute Gasteiger partial charge is 0.311 e. The Morgan fingerprint density at radius 1 is 1.00 bits per heavy atom. The van der Waals surface area contributed by atoms with Crippen LogP contribution in [0.5, 0.6) is 11.5 Å². The molecule has 1 aliphatic heterocycles. The summed E-state index contributed by atoms with van der Waals surface area (Å²) in [4.78, 5) is 39.1. The second-order valence-electron chi connectivity index (χ2n) is 10.0. The topological polar surface area (TPSA) is 84.9 Å². The van der Waals surface area contributed by atoms with Crippen molar-refractivity contribution in [1.82, 2.24) is 5.32 Å². The number of anilines is 1. The van der Waals surface area contributed by atoms with Crippen molar-refractivity contribution in [2.24, 2.45) is 5.92 Å². The highest BCUT2D eigenvalue weighted by atomic mass is 16.5. The Bertz CT molecular complexity index is 1290. The van der Waals surface area contributed by atoms with Crippen LogP contribution in [-0.4, -0.2) is 30.9 Å². The van der Waals surface area contributed by atoms with Crippen molar-refractivity contribution in [2.45, 2.75) is 46.1 Å². The molecule has 1 aliphatic rings. The first kappa shape index (κ1) is 26.9. The molecule has 1 heterocycles. The van der Waals surface area contributed by atoms with Crippen LogP contribution in [0, 0.1) is 12.8 Å². The molecular weight excluding hydrogens is 480 g/mol. The lowest BCUT2D eigenvalue weighted by Gasteiger charge is -2.18. The Kier molecular flexibility index (Phi) is 8.46. The zero-order valence-corrected chi connectivity index (χ0v) is 22.3. The molecule has 1 N–H and O–H groups in total. The lowest BCUT2D eigenvalue weighted by atomic mass is 10.0. The number of aryl methyl sites for hydroxylation is 1. The Morgan fingerprint density at radius 3 is 2.39 bits per heavy atom. The molecule has 7 nitrogen and oxygen atoms in total. The van der Waals surface area contributed by atoms with Gasteiger partial charge in [-0.05, 0) is 66.8 Å². The van der Waals surface area contributed by atoms with Crippen molar-refractivity contribution < 1.29 is 23.9 Å². The third-order valence-electron chi connectivity index (χ3n) is 6.65. The van der Waals surface area contributed by atoms with Gasteiger partial charge in [-0.25, -0.2) is 0 Å². The lowest BCUT2D eigenvalue weighted by Crippen LogP contribution is -2.32. The fraction of sp³-hybridized carbons (Fsp3) is 0.323. The minimum atomic E-state index is -0.626. The van der Waals surface area contributed by atoms with Gasteiger partial charge in [0.2, 0.25) is 5.91 Å². The molecule has 1 saturated heterocycles. The third kappa shape index (κ3) is 6.59. The van der Waals surface area contributed by atoms with E-state index in [1.54, 1.807) is 4.90 Å². The molecule has 4 rings (SSSR count). The first-order chi connectivity index (χ1) is 18.2. The van der Waals surface area contributed by atoms with Gasteiger partial charge in [-0.2, -0.15) is 0 Å². The molecule has 3 aromatic rings. The number of ether oxygens (including phenoxy) is 2. The van der Waals surface area contributed by atoms with Gasteiger partial charge in [0.1, 0.15) is 11.5 Å². The molecule has 38 heavy (non-hydrogen) atoms. The second-order valence-corrected chi connectivity index (χ2v) is 10.0. The van der Waals surface area contributed by atoms with E-state index < -0.39 is 11.9 Å². The molecule has 0 saturated carbocycles. The van der Waals surface area contributed by atoms with E-state index in [0.29, 0.717) is 17.4 Å². The van der Waals surface area contributed by atoms with Crippen molar-refractivity contribution in [3.05, 3.63) is 89.5 Å². The fourth-order valence-corrected chi connectivity index (χ4v) is 4.51. The highest BCUT2D eigenvalue weighted by molar-refractivity contribution is 5.99. The number of nitrogens with one attached hydrogen (secondary N) is 1. The Morgan fingerprint density at radius 2 is 1.71 bits per heavy atom. The molecule has 0 aromatic heterocycles. The summed E-state index contributed by atoms with van der Waals surface area (Å²) in [5.41, 5.74) is 3.88. The summed E-state index contributed by atoms with van der Waals surface area (Å²) in [6.07, 6.45) is 0.0418. The standard InChI is InChI=1S/C31H34N2O5/c1-20(2)27-15-10-21(3)16-28(27)38-26-13-11-25(12-14-26)33-18-24(17-30(33)35)31(36)37-19-29(34)32-22(4)23-8-6-5-7-9-23/h5-16,20,22,24H,17-19H2,1-4H3,(H,32,34)/t22-,24-/m0/s1. The monoisotopic (exact) mass is 514 g/mol. The van der Waals surface area contributed by atoms with Crippen LogP contribution in [0.2, 0.25) is 0 Å². The summed E-state index contributed by atoms with van der Waals surface area (Å²) in [5.74, 6) is 0.0728. The van der Waals surface area contributed by atoms with Gasteiger partial charge in [-0.1, -0.05) is 56.3 Å². The highest BCUT2D eigenvalue weighted by Gasteiger charge is 2.36. The molecular formula is C31H34N2O5. The number of hydrogen-bond donors (Lipinski definition) is 1. The maximum absolute atomic E-state index is 12.7. The summed E-state index contributed by atoms with van der Waals surface area (Å²) in [6.45, 7) is 7.96. The van der Waals surface area contributed by atoms with Gasteiger partial charge in [-0.15, -0.1) is 0 Å². The molecule has 0 spiro atoms. The average Bonchev–Trinajstić information content (AvgIpc) is 3.29. The van der Waals surface area contributed by atoms with Crippen molar-refractivity contribution in [1.29, 1.82) is 0 Å². The van der Waals surface area contributed by atoms with E-state index in [1.807, 2.05) is 74.5 Å². The highest BCUT2D eigenvalue weighted by Crippen LogP contribution is 2.33. The summed E-state index contributed by atoms with van der Waals surface area (Å²) in [6, 6.07) is 22.8. The minimum Gasteiger partial charge on any atom is -0.457 e. The number of hydrogen-bond acceptors (Lipinski definition) is 5. The summed E-state index contributed by atoms with van der Waals surface area (Å²) >= 11 is 0. The average molecular weight is 515 g/mol. The van der Waals surface area contributed by atoms with E-state index in [0.717, 1.165) is 22.4 Å². The summed E-state index contributed by atoms with van der Waals surface area (Å²) in [7, 11) is 0. The SMILES string of the molecule is Cc1ccc(C(C)C)c(Oc2ccc(N3C[C@@H](C(=O)OCC(=O)N[C@@H](C)c4ccccc4)CC3=O)cc2)c1. The van der Waals surface area contributed by atoms with E-state index >= 15 is 0 Å². The van der Waals surface area contributed by atoms with Crippen LogP contribution in [0.15, 0.2) is 72.8 Å². The lowest BCUT2D eigenvalue weighted by molar-refractivity contribution is -0.152. The summed E-state index contributed by atoms with van der Waals surface area (Å²) in [5, 5.41) is 2.82. The molecule has 7 heteroatoms. The zero-order chi connectivity index (χ0) is 27.2. The van der Waals surface area contributed by atoms with Crippen LogP contribution in [0.4, 0.5) is 5.69 Å². The van der Waals surface area contributed by atoms with Crippen LogP contribution in [0.25, 0.3) is 0 Å². The van der Waals surface area contributed by atoms with E-state index in [2.05, 4.69) is 31.3 Å². The van der Waals surface area contributed by atoms with Crippen LogP contribution in [-0.2, 0) is 19.1 Å². The van der Waals surface area contributed by atoms with Gasteiger partial charge < -0.3 is 19.7 Å². The quantitative estimate of drug-likeness (QED) is 0.371. The van der Waals surface area contributed by atoms with Crippen molar-refractivity contribution in [3.8, 4) is 11.5 Å². The van der Waals surface area contributed by atoms with E-state index in [-0.39, 0.29) is 37.4 Å². The van der Waals surface area contributed by atoms with E-state index in [4.69, 9.17) is 9.47 Å². The number of amides is 2. The molecule has 1 fully saturated rings. The fourth-order valence-electron chi connectivity index (χ4n) is 4.51. The third-order valence-corrected chi connectivity index (χ3v) is 6.65. The van der Waals surface area contributed by atoms with E-state index in [9.17, 15) is 14.4 Å². The Balaban J connectivity index is 1.31. The van der Waals surface area contributed by atoms with Gasteiger partial charge >= 0.3 is 5.97 Å². The predicted molar refractivity (Wildman–Crippen MR) is 146 cm³/mol. The van der Waals surface area contributed by atoms with Crippen LogP contribution >= 0.6 is 0 Å². The Hall–Kier alpha value is -4.13. The molecule has 3 aromatic carbocycles. The molecule has 0 bridgehead atoms. The van der Waals surface area contributed by atoms with Gasteiger partial charge in [-0.3, -0.25) is 14.4 Å². The molecule has 0 aliphatic carbocycles. The maximum atomic E-state index is 12.7. The zero-order valence-electron chi connectivity index (χ0n) is 22.3. The van der Waals surface area contributed by atoms with Gasteiger partial charge in [0.05, 0.1) is 12.0 Å². The number of carbonyl (C=O) groups excluding carboxylic acids is 3. The normalized spacial score (nSPS) is 15.9. The molecule has 0 radical (unpaired) electrons. The van der Waals surface area contributed by atoms with Crippen LogP contribution in [0.3, 0.4) is 0 Å².